The third-order valence-corrected chi connectivity index (χ3v) is 3.05. The number of rotatable bonds is 6. The van der Waals surface area contributed by atoms with Crippen LogP contribution in [0.2, 0.25) is 0 Å². The van der Waals surface area contributed by atoms with E-state index in [1.54, 1.807) is 31.4 Å². The summed E-state index contributed by atoms with van der Waals surface area (Å²) >= 11 is 0. The van der Waals surface area contributed by atoms with E-state index in [-0.39, 0.29) is 0 Å². The third-order valence-electron chi connectivity index (χ3n) is 3.05. The number of hydrogen-bond donors (Lipinski definition) is 3. The first kappa shape index (κ1) is 15.7. The Morgan fingerprint density at radius 1 is 1.14 bits per heavy atom. The standard InChI is InChI=1S/C16H18N2O4/c1-21-15-5-3-2-4-12(15)10-11-22-14-8-6-13(7-9-14)17-16(19)18-20/h2-9,20H,10-11H2,1H3,(H2,17,18,19). The summed E-state index contributed by atoms with van der Waals surface area (Å²) in [5, 5.41) is 10.9. The summed E-state index contributed by atoms with van der Waals surface area (Å²) in [5.74, 6) is 1.55. The highest BCUT2D eigenvalue weighted by Gasteiger charge is 2.03. The Bertz CT molecular complexity index is 614. The van der Waals surface area contributed by atoms with Crippen molar-refractivity contribution in [3.8, 4) is 11.5 Å². The second-order valence-electron chi connectivity index (χ2n) is 4.50. The lowest BCUT2D eigenvalue weighted by molar-refractivity contribution is 0.172. The summed E-state index contributed by atoms with van der Waals surface area (Å²) in [6.07, 6.45) is 0.733. The van der Waals surface area contributed by atoms with E-state index < -0.39 is 6.03 Å². The summed E-state index contributed by atoms with van der Waals surface area (Å²) in [5.41, 5.74) is 3.14. The SMILES string of the molecule is COc1ccccc1CCOc1ccc(NC(=O)NO)cc1. The molecule has 0 saturated heterocycles. The number of methoxy groups -OCH3 is 1. The minimum atomic E-state index is -0.690. The number of carbonyl (C=O) groups excluding carboxylic acids is 1. The first-order chi connectivity index (χ1) is 10.7. The van der Waals surface area contributed by atoms with Gasteiger partial charge in [0.25, 0.3) is 0 Å². The topological polar surface area (TPSA) is 79.8 Å². The van der Waals surface area contributed by atoms with Crippen molar-refractivity contribution in [2.24, 2.45) is 0 Å². The number of benzene rings is 2. The van der Waals surface area contributed by atoms with Gasteiger partial charge in [-0.3, -0.25) is 5.21 Å². The van der Waals surface area contributed by atoms with Crippen molar-refractivity contribution in [3.05, 3.63) is 54.1 Å². The molecule has 0 aliphatic rings. The van der Waals surface area contributed by atoms with Gasteiger partial charge in [0.1, 0.15) is 11.5 Å². The average Bonchev–Trinajstić information content (AvgIpc) is 2.56. The van der Waals surface area contributed by atoms with Gasteiger partial charge in [0.05, 0.1) is 13.7 Å². The van der Waals surface area contributed by atoms with E-state index in [1.165, 1.54) is 5.48 Å². The highest BCUT2D eigenvalue weighted by Crippen LogP contribution is 2.19. The van der Waals surface area contributed by atoms with Crippen LogP contribution < -0.4 is 20.3 Å². The van der Waals surface area contributed by atoms with Crippen LogP contribution in [-0.4, -0.2) is 25.0 Å². The fraction of sp³-hybridized carbons (Fsp3) is 0.188. The number of ether oxygens (including phenoxy) is 2. The summed E-state index contributed by atoms with van der Waals surface area (Å²) in [6, 6.07) is 14.0. The predicted molar refractivity (Wildman–Crippen MR) is 82.6 cm³/mol. The van der Waals surface area contributed by atoms with Gasteiger partial charge in [-0.25, -0.2) is 10.3 Å². The maximum absolute atomic E-state index is 10.9. The largest absolute Gasteiger partial charge is 0.496 e. The van der Waals surface area contributed by atoms with Gasteiger partial charge in [-0.15, -0.1) is 0 Å². The van der Waals surface area contributed by atoms with Crippen LogP contribution in [0.1, 0.15) is 5.56 Å². The predicted octanol–water partition coefficient (Wildman–Crippen LogP) is 2.83. The van der Waals surface area contributed by atoms with Gasteiger partial charge in [0.2, 0.25) is 0 Å². The van der Waals surface area contributed by atoms with Crippen LogP contribution in [0.25, 0.3) is 0 Å². The molecule has 2 aromatic rings. The second-order valence-corrected chi connectivity index (χ2v) is 4.50. The normalized spacial score (nSPS) is 9.91. The van der Waals surface area contributed by atoms with Gasteiger partial charge >= 0.3 is 6.03 Å². The smallest absolute Gasteiger partial charge is 0.342 e. The van der Waals surface area contributed by atoms with Crippen LogP contribution in [0, 0.1) is 0 Å². The summed E-state index contributed by atoms with van der Waals surface area (Å²) in [7, 11) is 1.65. The summed E-state index contributed by atoms with van der Waals surface area (Å²) in [6.45, 7) is 0.518. The molecule has 116 valence electrons. The van der Waals surface area contributed by atoms with E-state index in [2.05, 4.69) is 5.32 Å². The lowest BCUT2D eigenvalue weighted by atomic mass is 10.1. The first-order valence-electron chi connectivity index (χ1n) is 6.79. The van der Waals surface area contributed by atoms with Gasteiger partial charge in [0, 0.05) is 12.1 Å². The second kappa shape index (κ2) is 7.90. The Morgan fingerprint density at radius 2 is 1.86 bits per heavy atom. The molecule has 0 saturated carbocycles. The van der Waals surface area contributed by atoms with Crippen molar-refractivity contribution >= 4 is 11.7 Å². The number of nitrogens with one attached hydrogen (secondary N) is 2. The quantitative estimate of drug-likeness (QED) is 0.566. The van der Waals surface area contributed by atoms with Crippen molar-refractivity contribution in [2.45, 2.75) is 6.42 Å². The van der Waals surface area contributed by atoms with Gasteiger partial charge in [0.15, 0.2) is 0 Å². The Kier molecular flexibility index (Phi) is 5.62. The van der Waals surface area contributed by atoms with Crippen molar-refractivity contribution < 1.29 is 19.5 Å². The molecule has 0 bridgehead atoms. The Morgan fingerprint density at radius 3 is 2.55 bits per heavy atom. The van der Waals surface area contributed by atoms with Gasteiger partial charge in [-0.2, -0.15) is 0 Å². The zero-order valence-electron chi connectivity index (χ0n) is 12.2. The van der Waals surface area contributed by atoms with E-state index in [1.807, 2.05) is 24.3 Å². The van der Waals surface area contributed by atoms with Crippen molar-refractivity contribution in [2.75, 3.05) is 19.0 Å². The fourth-order valence-electron chi connectivity index (χ4n) is 1.98. The molecule has 0 unspecified atom stereocenters. The van der Waals surface area contributed by atoms with E-state index >= 15 is 0 Å². The van der Waals surface area contributed by atoms with E-state index in [0.29, 0.717) is 18.0 Å². The zero-order valence-corrected chi connectivity index (χ0v) is 12.2. The van der Waals surface area contributed by atoms with E-state index in [9.17, 15) is 4.79 Å². The van der Waals surface area contributed by atoms with Crippen molar-refractivity contribution in [1.82, 2.24) is 5.48 Å². The van der Waals surface area contributed by atoms with Crippen LogP contribution in [0.3, 0.4) is 0 Å². The molecule has 0 aliphatic heterocycles. The molecule has 0 aliphatic carbocycles. The maximum Gasteiger partial charge on any atom is 0.342 e. The van der Waals surface area contributed by atoms with Gasteiger partial charge < -0.3 is 14.8 Å². The highest BCUT2D eigenvalue weighted by atomic mass is 16.5. The van der Waals surface area contributed by atoms with Crippen LogP contribution in [0.15, 0.2) is 48.5 Å². The van der Waals surface area contributed by atoms with Crippen molar-refractivity contribution in [3.63, 3.8) is 0 Å². The number of hydroxylamine groups is 1. The molecule has 0 spiro atoms. The Hall–Kier alpha value is -2.73. The molecule has 0 atom stereocenters. The highest BCUT2D eigenvalue weighted by molar-refractivity contribution is 5.88. The minimum absolute atomic E-state index is 0.518. The summed E-state index contributed by atoms with van der Waals surface area (Å²) in [4.78, 5) is 10.9. The molecule has 3 N–H and O–H groups in total. The monoisotopic (exact) mass is 302 g/mol. The number of para-hydroxylation sites is 1. The molecule has 2 amide bonds. The van der Waals surface area contributed by atoms with Crippen molar-refractivity contribution in [1.29, 1.82) is 0 Å². The Labute approximate surface area is 128 Å². The van der Waals surface area contributed by atoms with Crippen LogP contribution in [-0.2, 0) is 6.42 Å². The first-order valence-corrected chi connectivity index (χ1v) is 6.79. The molecular formula is C16H18N2O4. The lowest BCUT2D eigenvalue weighted by Crippen LogP contribution is -2.24. The molecule has 0 heterocycles. The average molecular weight is 302 g/mol. The number of carbonyl (C=O) groups is 1. The minimum Gasteiger partial charge on any atom is -0.496 e. The lowest BCUT2D eigenvalue weighted by Gasteiger charge is -2.10. The third kappa shape index (κ3) is 4.39. The molecule has 0 radical (unpaired) electrons. The summed E-state index contributed by atoms with van der Waals surface area (Å²) < 4.78 is 11.0. The number of amides is 2. The van der Waals surface area contributed by atoms with Gasteiger partial charge in [-0.05, 0) is 35.9 Å². The van der Waals surface area contributed by atoms with Crippen LogP contribution in [0.4, 0.5) is 10.5 Å². The molecule has 2 aromatic carbocycles. The van der Waals surface area contributed by atoms with Crippen LogP contribution >= 0.6 is 0 Å². The number of urea groups is 1. The molecular weight excluding hydrogens is 284 g/mol. The zero-order chi connectivity index (χ0) is 15.8. The fourth-order valence-corrected chi connectivity index (χ4v) is 1.98. The number of hydrogen-bond acceptors (Lipinski definition) is 4. The Balaban J connectivity index is 1.85. The van der Waals surface area contributed by atoms with E-state index in [4.69, 9.17) is 14.7 Å². The molecule has 6 nitrogen and oxygen atoms in total. The molecule has 0 fully saturated rings. The molecule has 22 heavy (non-hydrogen) atoms. The molecule has 0 aromatic heterocycles. The van der Waals surface area contributed by atoms with Crippen LogP contribution in [0.5, 0.6) is 11.5 Å². The maximum atomic E-state index is 10.9. The molecule has 6 heteroatoms. The van der Waals surface area contributed by atoms with E-state index in [0.717, 1.165) is 17.7 Å². The number of anilines is 1. The molecule has 2 rings (SSSR count). The van der Waals surface area contributed by atoms with Gasteiger partial charge in [-0.1, -0.05) is 18.2 Å².